The molecular formula is C35H27N3O6. The number of nitro benzene ring substituents is 1. The third-order valence-corrected chi connectivity index (χ3v) is 8.73. The summed E-state index contributed by atoms with van der Waals surface area (Å²) in [4.78, 5) is 56.6. The van der Waals surface area contributed by atoms with E-state index in [2.05, 4.69) is 0 Å². The van der Waals surface area contributed by atoms with E-state index in [9.17, 15) is 24.5 Å². The zero-order valence-corrected chi connectivity index (χ0v) is 23.6. The lowest BCUT2D eigenvalue weighted by Gasteiger charge is -2.36. The van der Waals surface area contributed by atoms with Crippen molar-refractivity contribution < 1.29 is 24.0 Å². The van der Waals surface area contributed by atoms with Gasteiger partial charge in [0.2, 0.25) is 11.8 Å². The molecule has 4 atom stereocenters. The fraction of sp³-hybridized carbons (Fsp3) is 0.171. The van der Waals surface area contributed by atoms with Gasteiger partial charge in [-0.25, -0.2) is 9.69 Å². The standard InChI is InChI=1S/C35H27N3O6/c1-21-20-25(38(42)43)17-19-26(21)37-33(39)29-28-18-16-22-10-8-9-15-27(22)36(28)31(30(29)34(37)40)35(41)44-32(23-11-4-2-5-12-23)24-13-6-3-7-14-24/h2-20,28-32H,1H3/t28-,29-,30+,31-/m0/s1. The van der Waals surface area contributed by atoms with Crippen LogP contribution in [0.5, 0.6) is 0 Å². The Morgan fingerprint density at radius 1 is 0.818 bits per heavy atom. The van der Waals surface area contributed by atoms with E-state index in [1.54, 1.807) is 6.92 Å². The Labute approximate surface area is 253 Å². The number of aryl methyl sites for hydroxylation is 1. The summed E-state index contributed by atoms with van der Waals surface area (Å²) >= 11 is 0. The molecule has 2 saturated heterocycles. The second kappa shape index (κ2) is 10.6. The van der Waals surface area contributed by atoms with Crippen LogP contribution in [0, 0.1) is 28.9 Å². The maximum atomic E-state index is 14.4. The van der Waals surface area contributed by atoms with Crippen LogP contribution in [-0.4, -0.2) is 34.8 Å². The number of carbonyl (C=O) groups excluding carboxylic acids is 3. The van der Waals surface area contributed by atoms with Gasteiger partial charge in [-0.15, -0.1) is 0 Å². The molecule has 0 saturated carbocycles. The van der Waals surface area contributed by atoms with E-state index in [4.69, 9.17) is 4.74 Å². The highest BCUT2D eigenvalue weighted by Crippen LogP contribution is 2.50. The average molecular weight is 586 g/mol. The monoisotopic (exact) mass is 585 g/mol. The molecule has 0 spiro atoms. The summed E-state index contributed by atoms with van der Waals surface area (Å²) in [7, 11) is 0. The molecule has 4 aromatic rings. The molecule has 4 aromatic carbocycles. The number of amides is 2. The number of rotatable bonds is 6. The van der Waals surface area contributed by atoms with Crippen LogP contribution in [0.2, 0.25) is 0 Å². The van der Waals surface area contributed by atoms with Crippen molar-refractivity contribution in [3.05, 3.63) is 142 Å². The highest BCUT2D eigenvalue weighted by atomic mass is 16.6. The molecule has 218 valence electrons. The van der Waals surface area contributed by atoms with E-state index in [1.165, 1.54) is 18.2 Å². The van der Waals surface area contributed by atoms with Gasteiger partial charge >= 0.3 is 5.97 Å². The van der Waals surface area contributed by atoms with Gasteiger partial charge in [0, 0.05) is 17.8 Å². The number of ether oxygens (including phenoxy) is 1. The molecule has 3 aliphatic heterocycles. The molecule has 0 bridgehead atoms. The van der Waals surface area contributed by atoms with Gasteiger partial charge in [-0.1, -0.05) is 91.0 Å². The number of nitrogens with zero attached hydrogens (tertiary/aromatic N) is 3. The van der Waals surface area contributed by atoms with Crippen molar-refractivity contribution >= 4 is 40.9 Å². The van der Waals surface area contributed by atoms with Gasteiger partial charge in [0.25, 0.3) is 5.69 Å². The number of para-hydroxylation sites is 1. The first-order chi connectivity index (χ1) is 21.3. The van der Waals surface area contributed by atoms with Crippen LogP contribution in [-0.2, 0) is 19.1 Å². The summed E-state index contributed by atoms with van der Waals surface area (Å²) in [5.41, 5.74) is 3.69. The molecule has 7 rings (SSSR count). The Kier molecular flexibility index (Phi) is 6.58. The average Bonchev–Trinajstić information content (AvgIpc) is 3.53. The number of esters is 1. The van der Waals surface area contributed by atoms with Crippen molar-refractivity contribution in [1.29, 1.82) is 0 Å². The second-order valence-electron chi connectivity index (χ2n) is 11.2. The number of hydrogen-bond donors (Lipinski definition) is 0. The molecule has 9 heteroatoms. The van der Waals surface area contributed by atoms with Gasteiger partial charge < -0.3 is 9.64 Å². The molecule has 0 aromatic heterocycles. The summed E-state index contributed by atoms with van der Waals surface area (Å²) in [5.74, 6) is -3.48. The van der Waals surface area contributed by atoms with Gasteiger partial charge in [-0.05, 0) is 41.3 Å². The maximum absolute atomic E-state index is 14.4. The fourth-order valence-corrected chi connectivity index (χ4v) is 6.80. The number of nitro groups is 1. The predicted octanol–water partition coefficient (Wildman–Crippen LogP) is 5.63. The first-order valence-corrected chi connectivity index (χ1v) is 14.3. The number of benzene rings is 4. The van der Waals surface area contributed by atoms with Crippen LogP contribution in [0.4, 0.5) is 17.1 Å². The largest absolute Gasteiger partial charge is 0.451 e. The Morgan fingerprint density at radius 3 is 2.07 bits per heavy atom. The first kappa shape index (κ1) is 27.3. The molecule has 0 radical (unpaired) electrons. The molecule has 0 unspecified atom stereocenters. The summed E-state index contributed by atoms with van der Waals surface area (Å²) in [6.45, 7) is 1.62. The minimum Gasteiger partial charge on any atom is -0.451 e. The third kappa shape index (κ3) is 4.27. The molecule has 44 heavy (non-hydrogen) atoms. The summed E-state index contributed by atoms with van der Waals surface area (Å²) in [6.07, 6.45) is 3.05. The second-order valence-corrected chi connectivity index (χ2v) is 11.2. The topological polar surface area (TPSA) is 110 Å². The Hall–Kier alpha value is -5.57. The van der Waals surface area contributed by atoms with E-state index in [0.29, 0.717) is 5.56 Å². The fourth-order valence-electron chi connectivity index (χ4n) is 6.80. The van der Waals surface area contributed by atoms with E-state index in [1.807, 2.05) is 102 Å². The van der Waals surface area contributed by atoms with Crippen LogP contribution in [0.25, 0.3) is 6.08 Å². The lowest BCUT2D eigenvalue weighted by atomic mass is 9.88. The van der Waals surface area contributed by atoms with Crippen LogP contribution in [0.3, 0.4) is 0 Å². The van der Waals surface area contributed by atoms with Gasteiger partial charge in [0.1, 0.15) is 6.04 Å². The lowest BCUT2D eigenvalue weighted by Crippen LogP contribution is -2.49. The van der Waals surface area contributed by atoms with Gasteiger partial charge in [0.15, 0.2) is 6.10 Å². The number of hydrogen-bond acceptors (Lipinski definition) is 7. The number of anilines is 2. The van der Waals surface area contributed by atoms with Gasteiger partial charge in [-0.3, -0.25) is 19.7 Å². The molecule has 2 amide bonds. The Balaban J connectivity index is 1.32. The van der Waals surface area contributed by atoms with Gasteiger partial charge in [0.05, 0.1) is 28.5 Å². The zero-order chi connectivity index (χ0) is 30.5. The van der Waals surface area contributed by atoms with E-state index >= 15 is 0 Å². The molecule has 3 aliphatic rings. The normalized spacial score (nSPS) is 21.7. The van der Waals surface area contributed by atoms with Crippen molar-refractivity contribution in [3.8, 4) is 0 Å². The first-order valence-electron chi connectivity index (χ1n) is 14.3. The minimum absolute atomic E-state index is 0.141. The van der Waals surface area contributed by atoms with E-state index < -0.39 is 52.7 Å². The van der Waals surface area contributed by atoms with E-state index in [0.717, 1.165) is 27.3 Å². The Morgan fingerprint density at radius 2 is 1.43 bits per heavy atom. The van der Waals surface area contributed by atoms with Crippen molar-refractivity contribution in [2.75, 3.05) is 9.80 Å². The predicted molar refractivity (Wildman–Crippen MR) is 164 cm³/mol. The zero-order valence-electron chi connectivity index (χ0n) is 23.6. The van der Waals surface area contributed by atoms with Crippen molar-refractivity contribution in [1.82, 2.24) is 0 Å². The summed E-state index contributed by atoms with van der Waals surface area (Å²) in [6, 6.07) is 28.7. The van der Waals surface area contributed by atoms with E-state index in [-0.39, 0.29) is 11.4 Å². The Bertz CT molecular complexity index is 1800. The lowest BCUT2D eigenvalue weighted by molar-refractivity contribution is -0.384. The smallest absolute Gasteiger partial charge is 0.330 e. The molecule has 3 heterocycles. The van der Waals surface area contributed by atoms with Crippen LogP contribution in [0.15, 0.2) is 109 Å². The van der Waals surface area contributed by atoms with Crippen molar-refractivity contribution in [2.45, 2.75) is 25.1 Å². The number of fused-ring (bicyclic) bond motifs is 5. The highest BCUT2D eigenvalue weighted by Gasteiger charge is 2.65. The quantitative estimate of drug-likeness (QED) is 0.125. The molecule has 9 nitrogen and oxygen atoms in total. The summed E-state index contributed by atoms with van der Waals surface area (Å²) < 4.78 is 6.31. The molecular weight excluding hydrogens is 558 g/mol. The number of imide groups is 1. The molecule has 0 aliphatic carbocycles. The van der Waals surface area contributed by atoms with Crippen LogP contribution >= 0.6 is 0 Å². The van der Waals surface area contributed by atoms with Crippen molar-refractivity contribution in [3.63, 3.8) is 0 Å². The third-order valence-electron chi connectivity index (χ3n) is 8.73. The molecule has 2 fully saturated rings. The van der Waals surface area contributed by atoms with Crippen LogP contribution < -0.4 is 9.80 Å². The summed E-state index contributed by atoms with van der Waals surface area (Å²) in [5, 5.41) is 11.3. The van der Waals surface area contributed by atoms with Crippen LogP contribution in [0.1, 0.15) is 28.4 Å². The van der Waals surface area contributed by atoms with Crippen molar-refractivity contribution in [2.24, 2.45) is 11.8 Å². The SMILES string of the molecule is Cc1cc([N+](=O)[O-])ccc1N1C(=O)[C@@H]2[C@@H](C1=O)[C@@H]1C=Cc3ccccc3N1[C@@H]2C(=O)OC(c1ccccc1)c1ccccc1. The number of carbonyl (C=O) groups is 3. The molecule has 0 N–H and O–H groups in total. The van der Waals surface area contributed by atoms with Gasteiger partial charge in [-0.2, -0.15) is 0 Å². The minimum atomic E-state index is -1.09. The maximum Gasteiger partial charge on any atom is 0.330 e. The highest BCUT2D eigenvalue weighted by molar-refractivity contribution is 6.25. The number of non-ortho nitro benzene ring substituents is 1.